The summed E-state index contributed by atoms with van der Waals surface area (Å²) < 4.78 is 42.0. The maximum absolute atomic E-state index is 13.7. The Bertz CT molecular complexity index is 2660. The van der Waals surface area contributed by atoms with E-state index in [0.29, 0.717) is 71.5 Å². The molecule has 10 heteroatoms. The fourth-order valence-corrected chi connectivity index (χ4v) is 10.1. The van der Waals surface area contributed by atoms with Crippen molar-refractivity contribution in [1.29, 1.82) is 0 Å². The van der Waals surface area contributed by atoms with E-state index in [9.17, 15) is 14.4 Å². The van der Waals surface area contributed by atoms with Crippen LogP contribution in [0.4, 0.5) is 0 Å². The molecule has 0 heterocycles. The van der Waals surface area contributed by atoms with Gasteiger partial charge in [0.05, 0.1) is 37.6 Å². The number of hydrogen-bond donors (Lipinski definition) is 0. The summed E-state index contributed by atoms with van der Waals surface area (Å²) in [6.07, 6.45) is 25.3. The van der Waals surface area contributed by atoms with Crippen LogP contribution in [0, 0.1) is 0 Å². The van der Waals surface area contributed by atoms with E-state index in [1.165, 1.54) is 64.2 Å². The van der Waals surface area contributed by atoms with Gasteiger partial charge in [0, 0.05) is 17.5 Å². The van der Waals surface area contributed by atoms with E-state index >= 15 is 0 Å². The third kappa shape index (κ3) is 20.8. The van der Waals surface area contributed by atoms with Gasteiger partial charge in [-0.3, -0.25) is 4.79 Å². The lowest BCUT2D eigenvalue weighted by Gasteiger charge is -2.16. The second kappa shape index (κ2) is 34.9. The number of rotatable bonds is 39. The molecule has 432 valence electrons. The second-order valence-electron chi connectivity index (χ2n) is 21.5. The number of esters is 3. The standard InChI is InChI=1S/C71H88O10/c1-4-7-10-18-23-48-75-58-36-28-54(29-37-58)55-30-38-59(39-31-55)76-51-26-21-16-14-13-15-17-22-27-68(72)81-69-66-52-62(79-70(73)56-32-40-60(41-33-56)77-49-24-19-11-8-5-2)44-46-64(66)65-47-45-63(53-67(65)69)80-71(74)57-34-42-61(43-35-57)78-50-25-20-12-9-6-3/h28-47,52-53,69H,4-27,48-51H2,1-3H3. The molecular weight excluding hydrogens is 1010 g/mol. The minimum Gasteiger partial charge on any atom is -0.494 e. The van der Waals surface area contributed by atoms with Gasteiger partial charge in [0.25, 0.3) is 0 Å². The summed E-state index contributed by atoms with van der Waals surface area (Å²) in [5.74, 6) is 2.50. The number of carbonyl (C=O) groups is 3. The van der Waals surface area contributed by atoms with Crippen LogP contribution >= 0.6 is 0 Å². The van der Waals surface area contributed by atoms with Crippen molar-refractivity contribution in [3.05, 3.63) is 156 Å². The fraction of sp³-hybridized carbons (Fsp3) is 0.451. The van der Waals surface area contributed by atoms with E-state index in [1.807, 2.05) is 24.3 Å². The topological polar surface area (TPSA) is 116 Å². The Morgan fingerprint density at radius 1 is 0.333 bits per heavy atom. The van der Waals surface area contributed by atoms with Crippen LogP contribution in [0.3, 0.4) is 0 Å². The van der Waals surface area contributed by atoms with Crippen LogP contribution in [0.25, 0.3) is 22.3 Å². The molecule has 0 saturated carbocycles. The van der Waals surface area contributed by atoms with Crippen LogP contribution in [0.15, 0.2) is 133 Å². The Labute approximate surface area is 483 Å². The van der Waals surface area contributed by atoms with Crippen molar-refractivity contribution in [1.82, 2.24) is 0 Å². The molecule has 0 radical (unpaired) electrons. The first-order valence-corrected chi connectivity index (χ1v) is 30.7. The molecule has 0 amide bonds. The van der Waals surface area contributed by atoms with Gasteiger partial charge in [-0.25, -0.2) is 9.59 Å². The maximum atomic E-state index is 13.7. The zero-order chi connectivity index (χ0) is 56.7. The molecule has 6 aromatic rings. The van der Waals surface area contributed by atoms with Crippen LogP contribution in [0.1, 0.15) is 213 Å². The summed E-state index contributed by atoms with van der Waals surface area (Å²) in [6, 6.07) is 41.4. The molecule has 81 heavy (non-hydrogen) atoms. The first-order chi connectivity index (χ1) is 39.8. The predicted molar refractivity (Wildman–Crippen MR) is 324 cm³/mol. The Hall–Kier alpha value is -7.07. The summed E-state index contributed by atoms with van der Waals surface area (Å²) in [7, 11) is 0. The molecule has 6 aromatic carbocycles. The van der Waals surface area contributed by atoms with Gasteiger partial charge in [-0.1, -0.05) is 173 Å². The van der Waals surface area contributed by atoms with Crippen molar-refractivity contribution in [2.45, 2.75) is 181 Å². The van der Waals surface area contributed by atoms with Crippen LogP contribution in [0.2, 0.25) is 0 Å². The maximum Gasteiger partial charge on any atom is 0.343 e. The summed E-state index contributed by atoms with van der Waals surface area (Å²) in [6.45, 7) is 9.36. The highest BCUT2D eigenvalue weighted by molar-refractivity contribution is 5.92. The van der Waals surface area contributed by atoms with Crippen molar-refractivity contribution >= 4 is 17.9 Å². The zero-order valence-electron chi connectivity index (χ0n) is 48.7. The minimum atomic E-state index is -0.807. The van der Waals surface area contributed by atoms with E-state index < -0.39 is 18.0 Å². The van der Waals surface area contributed by atoms with Crippen LogP contribution in [0.5, 0.6) is 34.5 Å². The van der Waals surface area contributed by atoms with Crippen LogP contribution < -0.4 is 28.4 Å². The molecular formula is C71H88O10. The zero-order valence-corrected chi connectivity index (χ0v) is 48.7. The summed E-state index contributed by atoms with van der Waals surface area (Å²) >= 11 is 0. The highest BCUT2D eigenvalue weighted by atomic mass is 16.6. The monoisotopic (exact) mass is 1100 g/mol. The Morgan fingerprint density at radius 3 is 0.975 bits per heavy atom. The average Bonchev–Trinajstić information content (AvgIpc) is 4.07. The fourth-order valence-electron chi connectivity index (χ4n) is 10.1. The first kappa shape index (κ1) is 61.5. The third-order valence-corrected chi connectivity index (χ3v) is 14.9. The van der Waals surface area contributed by atoms with Crippen molar-refractivity contribution in [2.75, 3.05) is 26.4 Å². The summed E-state index contributed by atoms with van der Waals surface area (Å²) in [5, 5.41) is 0. The lowest BCUT2D eigenvalue weighted by Crippen LogP contribution is -2.12. The molecule has 0 bridgehead atoms. The molecule has 0 saturated heterocycles. The molecule has 0 aromatic heterocycles. The summed E-state index contributed by atoms with van der Waals surface area (Å²) in [4.78, 5) is 40.5. The molecule has 0 fully saturated rings. The molecule has 1 aliphatic rings. The van der Waals surface area contributed by atoms with E-state index in [4.69, 9.17) is 33.2 Å². The van der Waals surface area contributed by atoms with Crippen molar-refractivity contribution in [3.8, 4) is 56.8 Å². The Morgan fingerprint density at radius 2 is 0.630 bits per heavy atom. The van der Waals surface area contributed by atoms with Crippen LogP contribution in [-0.2, 0) is 9.53 Å². The Balaban J connectivity index is 0.859. The van der Waals surface area contributed by atoms with Gasteiger partial charge in [-0.05, 0) is 151 Å². The number of benzene rings is 6. The number of ether oxygens (including phenoxy) is 7. The highest BCUT2D eigenvalue weighted by Gasteiger charge is 2.33. The van der Waals surface area contributed by atoms with Gasteiger partial charge < -0.3 is 33.2 Å². The van der Waals surface area contributed by atoms with Gasteiger partial charge in [-0.15, -0.1) is 0 Å². The first-order valence-electron chi connectivity index (χ1n) is 30.7. The largest absolute Gasteiger partial charge is 0.494 e. The molecule has 1 aliphatic carbocycles. The van der Waals surface area contributed by atoms with Crippen molar-refractivity contribution in [2.24, 2.45) is 0 Å². The SMILES string of the molecule is CCCCCCCOc1ccc(C(=O)Oc2ccc3c(c2)C(OC(=O)CCCCCCCCCCOc2ccc(-c4ccc(OCCCCCCC)cc4)cc2)c2cc(OC(=O)c4ccc(OCCCCCCC)cc4)ccc2-3)cc1. The molecule has 10 nitrogen and oxygen atoms in total. The highest BCUT2D eigenvalue weighted by Crippen LogP contribution is 2.48. The molecule has 0 aliphatic heterocycles. The summed E-state index contributed by atoms with van der Waals surface area (Å²) in [5.41, 5.74) is 6.14. The Kier molecular flexibility index (Phi) is 26.5. The molecule has 0 N–H and O–H groups in total. The van der Waals surface area contributed by atoms with Crippen LogP contribution in [-0.4, -0.2) is 44.3 Å². The van der Waals surface area contributed by atoms with Gasteiger partial charge in [-0.2, -0.15) is 0 Å². The number of hydrogen-bond acceptors (Lipinski definition) is 10. The lowest BCUT2D eigenvalue weighted by atomic mass is 10.1. The van der Waals surface area contributed by atoms with E-state index in [-0.39, 0.29) is 12.4 Å². The van der Waals surface area contributed by atoms with E-state index in [1.54, 1.807) is 72.8 Å². The third-order valence-electron chi connectivity index (χ3n) is 14.9. The second-order valence-corrected chi connectivity index (χ2v) is 21.5. The number of fused-ring (bicyclic) bond motifs is 3. The van der Waals surface area contributed by atoms with Crippen molar-refractivity contribution in [3.63, 3.8) is 0 Å². The predicted octanol–water partition coefficient (Wildman–Crippen LogP) is 19.0. The van der Waals surface area contributed by atoms with Gasteiger partial charge >= 0.3 is 17.9 Å². The van der Waals surface area contributed by atoms with Crippen molar-refractivity contribution < 1.29 is 47.5 Å². The quantitative estimate of drug-likeness (QED) is 0.0210. The van der Waals surface area contributed by atoms with E-state index in [0.717, 1.165) is 117 Å². The number of carbonyl (C=O) groups excluding carboxylic acids is 3. The normalized spacial score (nSPS) is 11.6. The smallest absolute Gasteiger partial charge is 0.343 e. The van der Waals surface area contributed by atoms with E-state index in [2.05, 4.69) is 57.2 Å². The number of unbranched alkanes of at least 4 members (excludes halogenated alkanes) is 19. The average molecular weight is 1100 g/mol. The van der Waals surface area contributed by atoms with Gasteiger partial charge in [0.1, 0.15) is 34.5 Å². The molecule has 7 rings (SSSR count). The molecule has 0 atom stereocenters. The lowest BCUT2D eigenvalue weighted by molar-refractivity contribution is -0.147. The molecule has 0 unspecified atom stereocenters. The van der Waals surface area contributed by atoms with Gasteiger partial charge in [0.2, 0.25) is 0 Å². The minimum absolute atomic E-state index is 0.264. The van der Waals surface area contributed by atoms with Gasteiger partial charge in [0.15, 0.2) is 6.10 Å². The molecule has 0 spiro atoms.